The minimum Gasteiger partial charge on any atom is -0.425 e. The lowest BCUT2D eigenvalue weighted by molar-refractivity contribution is 0.00825. The predicted octanol–water partition coefficient (Wildman–Crippen LogP) is 4.55. The van der Waals surface area contributed by atoms with Crippen molar-refractivity contribution in [1.29, 1.82) is 0 Å². The number of hydrogen-bond acceptors (Lipinski definition) is 2. The molecule has 0 unspecified atom stereocenters. The molecule has 0 spiro atoms. The molecule has 0 aliphatic rings. The molecular weight excluding hydrogens is 309 g/mol. The van der Waals surface area contributed by atoms with Crippen LogP contribution in [0.25, 0.3) is 0 Å². The highest BCUT2D eigenvalue weighted by Crippen LogP contribution is 2.46. The Morgan fingerprint density at radius 3 is 2.00 bits per heavy atom. The van der Waals surface area contributed by atoms with E-state index in [0.29, 0.717) is 12.1 Å². The molecule has 8 heteroatoms. The molecule has 0 aliphatic carbocycles. The van der Waals surface area contributed by atoms with Gasteiger partial charge in [-0.2, -0.15) is 8.78 Å². The topological polar surface area (TPSA) is 23.5 Å². The molecule has 1 aromatic rings. The number of halogens is 5. The summed E-state index contributed by atoms with van der Waals surface area (Å²) in [5.41, 5.74) is -7.30. The van der Waals surface area contributed by atoms with E-state index in [1.165, 1.54) is 27.7 Å². The Bertz CT molecular complexity index is 501. The third-order valence-electron chi connectivity index (χ3n) is 3.63. The predicted molar refractivity (Wildman–Crippen MR) is 73.1 cm³/mol. The Labute approximate surface area is 121 Å². The van der Waals surface area contributed by atoms with E-state index in [9.17, 15) is 26.8 Å². The fourth-order valence-electron chi connectivity index (χ4n) is 2.31. The fraction of sp³-hybridized carbons (Fsp3) is 0.538. The molecular formula is C13H18F5NOSi. The summed E-state index contributed by atoms with van der Waals surface area (Å²) < 4.78 is 69.6. The Morgan fingerprint density at radius 2 is 1.57 bits per heavy atom. The van der Waals surface area contributed by atoms with Crippen LogP contribution in [-0.4, -0.2) is 18.8 Å². The van der Waals surface area contributed by atoms with Gasteiger partial charge in [-0.05, 0) is 23.2 Å². The molecule has 2 nitrogen and oxygen atoms in total. The maximum atomic E-state index is 14.4. The monoisotopic (exact) mass is 327 g/mol. The highest BCUT2D eigenvalue weighted by molar-refractivity contribution is 6.77. The number of rotatable bonds is 5. The fourth-order valence-corrected chi connectivity index (χ4v) is 5.47. The van der Waals surface area contributed by atoms with E-state index in [2.05, 4.69) is 0 Å². The van der Waals surface area contributed by atoms with Gasteiger partial charge in [-0.3, -0.25) is 0 Å². The first-order valence-corrected chi connectivity index (χ1v) is 8.58. The number of alkyl halides is 2. The van der Waals surface area contributed by atoms with Gasteiger partial charge < -0.3 is 4.80 Å². The molecule has 0 atom stereocenters. The number of nitrogens with zero attached hydrogens (tertiary/aromatic N) is 1. The van der Waals surface area contributed by atoms with Crippen molar-refractivity contribution in [2.75, 3.05) is 5.12 Å². The molecule has 21 heavy (non-hydrogen) atoms. The summed E-state index contributed by atoms with van der Waals surface area (Å²) in [6.07, 6.45) is 0. The smallest absolute Gasteiger partial charge is 0.353 e. The van der Waals surface area contributed by atoms with Crippen molar-refractivity contribution in [2.45, 2.75) is 44.4 Å². The zero-order valence-electron chi connectivity index (χ0n) is 12.2. The molecule has 0 aliphatic heterocycles. The maximum Gasteiger partial charge on any atom is 0.353 e. The van der Waals surface area contributed by atoms with E-state index in [0.717, 1.165) is 6.07 Å². The van der Waals surface area contributed by atoms with Crippen LogP contribution in [0.1, 0.15) is 27.7 Å². The standard InChI is InChI=1S/C13H18F5NOSi/c1-8(2)21(20,9(3)4)13(16,17)19(18)11-7-5-6-10(14)12(11)15/h5-9,20H,1-4H3. The highest BCUT2D eigenvalue weighted by atomic mass is 28.4. The highest BCUT2D eigenvalue weighted by Gasteiger charge is 2.64. The van der Waals surface area contributed by atoms with E-state index in [4.69, 9.17) is 0 Å². The average Bonchev–Trinajstić information content (AvgIpc) is 2.39. The Morgan fingerprint density at radius 1 is 1.10 bits per heavy atom. The molecule has 1 aromatic carbocycles. The Balaban J connectivity index is 3.37. The summed E-state index contributed by atoms with van der Waals surface area (Å²) in [6.45, 7) is 5.43. The first-order valence-electron chi connectivity index (χ1n) is 6.48. The van der Waals surface area contributed by atoms with E-state index in [1.807, 2.05) is 0 Å². The zero-order valence-corrected chi connectivity index (χ0v) is 13.2. The van der Waals surface area contributed by atoms with Gasteiger partial charge in [0, 0.05) is 0 Å². The molecule has 0 amide bonds. The minimum absolute atomic E-state index is 0.694. The van der Waals surface area contributed by atoms with Gasteiger partial charge in [-0.1, -0.05) is 38.2 Å². The second-order valence-corrected chi connectivity index (χ2v) is 10.1. The largest absolute Gasteiger partial charge is 0.425 e. The van der Waals surface area contributed by atoms with Gasteiger partial charge in [0.15, 0.2) is 11.6 Å². The second kappa shape index (κ2) is 5.92. The number of anilines is 1. The van der Waals surface area contributed by atoms with Crippen molar-refractivity contribution in [3.8, 4) is 0 Å². The summed E-state index contributed by atoms with van der Waals surface area (Å²) in [5, 5.41) is -1.14. The molecule has 0 aromatic heterocycles. The van der Waals surface area contributed by atoms with Gasteiger partial charge in [0.1, 0.15) is 5.69 Å². The van der Waals surface area contributed by atoms with Gasteiger partial charge in [0.05, 0.1) is 0 Å². The van der Waals surface area contributed by atoms with E-state index < -0.39 is 47.5 Å². The maximum absolute atomic E-state index is 14.4. The first kappa shape index (κ1) is 17.9. The van der Waals surface area contributed by atoms with Gasteiger partial charge in [0.2, 0.25) is 0 Å². The summed E-state index contributed by atoms with van der Waals surface area (Å²) in [5.74, 6) is -3.16. The SMILES string of the molecule is CC(C)[Si](O)(C(C)C)C(F)(F)N(F)c1cccc(F)c1F. The Hall–Kier alpha value is -1.15. The normalized spacial score (nSPS) is 13.1. The average molecular weight is 327 g/mol. The van der Waals surface area contributed by atoms with Gasteiger partial charge in [0.25, 0.3) is 0 Å². The van der Waals surface area contributed by atoms with Crippen molar-refractivity contribution in [3.05, 3.63) is 29.8 Å². The van der Waals surface area contributed by atoms with E-state index in [1.54, 1.807) is 0 Å². The molecule has 0 radical (unpaired) electrons. The lowest BCUT2D eigenvalue weighted by atomic mass is 10.3. The number of hydrogen-bond donors (Lipinski definition) is 1. The lowest BCUT2D eigenvalue weighted by Gasteiger charge is -2.41. The summed E-state index contributed by atoms with van der Waals surface area (Å²) in [7, 11) is -4.49. The number of benzene rings is 1. The zero-order chi connectivity index (χ0) is 16.6. The first-order chi connectivity index (χ1) is 9.47. The molecule has 120 valence electrons. The molecule has 1 rings (SSSR count). The van der Waals surface area contributed by atoms with Gasteiger partial charge in [-0.25, -0.2) is 8.78 Å². The molecule has 0 saturated carbocycles. The molecule has 0 bridgehead atoms. The van der Waals surface area contributed by atoms with Crippen LogP contribution in [0.2, 0.25) is 11.1 Å². The quantitative estimate of drug-likeness (QED) is 0.371. The summed E-state index contributed by atoms with van der Waals surface area (Å²) in [4.78, 5) is 10.4. The van der Waals surface area contributed by atoms with Crippen LogP contribution >= 0.6 is 0 Å². The van der Waals surface area contributed by atoms with E-state index >= 15 is 0 Å². The summed E-state index contributed by atoms with van der Waals surface area (Å²) in [6, 6.07) is 2.31. The molecule has 1 N–H and O–H groups in total. The van der Waals surface area contributed by atoms with Crippen LogP contribution < -0.4 is 5.12 Å². The van der Waals surface area contributed by atoms with Crippen LogP contribution in [0, 0.1) is 11.6 Å². The van der Waals surface area contributed by atoms with Crippen LogP contribution in [0.4, 0.5) is 27.7 Å². The molecule has 0 fully saturated rings. The lowest BCUT2D eigenvalue weighted by Crippen LogP contribution is -2.64. The third-order valence-corrected chi connectivity index (χ3v) is 8.31. The van der Waals surface area contributed by atoms with Gasteiger partial charge >= 0.3 is 14.0 Å². The van der Waals surface area contributed by atoms with E-state index in [-0.39, 0.29) is 0 Å². The van der Waals surface area contributed by atoms with Crippen molar-refractivity contribution >= 4 is 14.0 Å². The molecule has 0 heterocycles. The second-order valence-electron chi connectivity index (χ2n) is 5.53. The van der Waals surface area contributed by atoms with Crippen molar-refractivity contribution in [1.82, 2.24) is 0 Å². The van der Waals surface area contributed by atoms with Crippen molar-refractivity contribution in [2.24, 2.45) is 0 Å². The molecule has 0 saturated heterocycles. The van der Waals surface area contributed by atoms with Crippen LogP contribution in [-0.2, 0) is 0 Å². The van der Waals surface area contributed by atoms with Crippen LogP contribution in [0.15, 0.2) is 18.2 Å². The van der Waals surface area contributed by atoms with Crippen molar-refractivity contribution in [3.63, 3.8) is 0 Å². The minimum atomic E-state index is -4.49. The Kier molecular flexibility index (Phi) is 5.04. The summed E-state index contributed by atoms with van der Waals surface area (Å²) >= 11 is 0. The van der Waals surface area contributed by atoms with Crippen molar-refractivity contribution < 1.29 is 26.8 Å². The third kappa shape index (κ3) is 2.78. The van der Waals surface area contributed by atoms with Crippen LogP contribution in [0.3, 0.4) is 0 Å². The van der Waals surface area contributed by atoms with Gasteiger partial charge in [-0.15, -0.1) is 5.12 Å². The van der Waals surface area contributed by atoms with Crippen LogP contribution in [0.5, 0.6) is 0 Å².